The van der Waals surface area contributed by atoms with Gasteiger partial charge in [-0.25, -0.2) is 0 Å². The Morgan fingerprint density at radius 2 is 1.81 bits per heavy atom. The van der Waals surface area contributed by atoms with E-state index in [-0.39, 0.29) is 0 Å². The summed E-state index contributed by atoms with van der Waals surface area (Å²) in [6, 6.07) is 11.6. The molecule has 1 nitrogen and oxygen atoms in total. The van der Waals surface area contributed by atoms with Crippen LogP contribution in [0.5, 0.6) is 0 Å². The van der Waals surface area contributed by atoms with Crippen molar-refractivity contribution in [2.24, 2.45) is 5.92 Å². The van der Waals surface area contributed by atoms with Gasteiger partial charge in [-0.15, -0.1) is 0 Å². The SMILES string of the molecule is CNC(CC(C)C)C1(c2ccccc2)CC1. The fourth-order valence-corrected chi connectivity index (χ4v) is 2.83. The molecule has 1 atom stereocenters. The molecule has 16 heavy (non-hydrogen) atoms. The Balaban J connectivity index is 2.18. The molecule has 1 aliphatic rings. The molecular weight excluding hydrogens is 194 g/mol. The van der Waals surface area contributed by atoms with E-state index in [1.165, 1.54) is 24.8 Å². The highest BCUT2D eigenvalue weighted by Gasteiger charge is 2.49. The first kappa shape index (κ1) is 11.7. The Bertz CT molecular complexity index is 325. The van der Waals surface area contributed by atoms with Gasteiger partial charge in [-0.05, 0) is 37.8 Å². The molecule has 0 saturated heterocycles. The molecule has 0 bridgehead atoms. The van der Waals surface area contributed by atoms with Crippen LogP contribution >= 0.6 is 0 Å². The van der Waals surface area contributed by atoms with Crippen LogP contribution in [0.25, 0.3) is 0 Å². The summed E-state index contributed by atoms with van der Waals surface area (Å²) < 4.78 is 0. The van der Waals surface area contributed by atoms with E-state index >= 15 is 0 Å². The second-order valence-corrected chi connectivity index (χ2v) is 5.49. The quantitative estimate of drug-likeness (QED) is 0.797. The van der Waals surface area contributed by atoms with Crippen LogP contribution < -0.4 is 5.32 Å². The molecule has 1 aromatic rings. The number of hydrogen-bond acceptors (Lipinski definition) is 1. The summed E-state index contributed by atoms with van der Waals surface area (Å²) in [6.45, 7) is 4.62. The molecule has 1 heteroatoms. The summed E-state index contributed by atoms with van der Waals surface area (Å²) in [6.07, 6.45) is 3.95. The molecule has 0 aromatic heterocycles. The standard InChI is InChI=1S/C15H23N/c1-12(2)11-14(16-3)15(9-10-15)13-7-5-4-6-8-13/h4-8,12,14,16H,9-11H2,1-3H3. The number of rotatable bonds is 5. The van der Waals surface area contributed by atoms with Gasteiger partial charge >= 0.3 is 0 Å². The minimum absolute atomic E-state index is 0.431. The number of likely N-dealkylation sites (N-methyl/N-ethyl adjacent to an activating group) is 1. The lowest BCUT2D eigenvalue weighted by molar-refractivity contribution is 0.370. The van der Waals surface area contributed by atoms with E-state index in [0.29, 0.717) is 11.5 Å². The van der Waals surface area contributed by atoms with Crippen LogP contribution in [0.1, 0.15) is 38.7 Å². The summed E-state index contributed by atoms with van der Waals surface area (Å²) in [5.74, 6) is 0.763. The maximum absolute atomic E-state index is 3.53. The van der Waals surface area contributed by atoms with Crippen LogP contribution in [-0.2, 0) is 5.41 Å². The Labute approximate surface area is 99.3 Å². The number of hydrogen-bond donors (Lipinski definition) is 1. The average Bonchev–Trinajstić information content (AvgIpc) is 3.08. The normalized spacial score (nSPS) is 19.8. The van der Waals surface area contributed by atoms with E-state index in [0.717, 1.165) is 5.92 Å². The van der Waals surface area contributed by atoms with Crippen molar-refractivity contribution in [3.63, 3.8) is 0 Å². The van der Waals surface area contributed by atoms with E-state index in [4.69, 9.17) is 0 Å². The summed E-state index contributed by atoms with van der Waals surface area (Å²) in [5, 5.41) is 3.53. The lowest BCUT2D eigenvalue weighted by Crippen LogP contribution is -2.38. The molecule has 0 heterocycles. The summed E-state index contributed by atoms with van der Waals surface area (Å²) in [4.78, 5) is 0. The highest BCUT2D eigenvalue weighted by atomic mass is 14.9. The van der Waals surface area contributed by atoms with E-state index in [1.807, 2.05) is 0 Å². The molecule has 0 spiro atoms. The van der Waals surface area contributed by atoms with Gasteiger partial charge in [0, 0.05) is 11.5 Å². The zero-order chi connectivity index (χ0) is 11.6. The van der Waals surface area contributed by atoms with Crippen molar-refractivity contribution >= 4 is 0 Å². The molecule has 1 fully saturated rings. The average molecular weight is 217 g/mol. The molecule has 2 rings (SSSR count). The molecule has 0 aliphatic heterocycles. The second-order valence-electron chi connectivity index (χ2n) is 5.49. The number of nitrogens with one attached hydrogen (secondary N) is 1. The van der Waals surface area contributed by atoms with Crippen molar-refractivity contribution in [3.8, 4) is 0 Å². The van der Waals surface area contributed by atoms with Crippen molar-refractivity contribution < 1.29 is 0 Å². The van der Waals surface area contributed by atoms with Gasteiger partial charge in [-0.3, -0.25) is 0 Å². The van der Waals surface area contributed by atoms with Gasteiger partial charge in [-0.2, -0.15) is 0 Å². The fraction of sp³-hybridized carbons (Fsp3) is 0.600. The molecule has 1 saturated carbocycles. The first-order chi connectivity index (χ1) is 7.69. The highest BCUT2D eigenvalue weighted by molar-refractivity contribution is 5.33. The van der Waals surface area contributed by atoms with Crippen molar-refractivity contribution in [1.29, 1.82) is 0 Å². The van der Waals surface area contributed by atoms with Crippen molar-refractivity contribution in [1.82, 2.24) is 5.32 Å². The van der Waals surface area contributed by atoms with Crippen LogP contribution in [0.2, 0.25) is 0 Å². The molecule has 1 aliphatic carbocycles. The summed E-state index contributed by atoms with van der Waals surface area (Å²) in [7, 11) is 2.11. The Morgan fingerprint density at radius 1 is 1.19 bits per heavy atom. The van der Waals surface area contributed by atoms with Crippen LogP contribution in [0, 0.1) is 5.92 Å². The lowest BCUT2D eigenvalue weighted by Gasteiger charge is -2.28. The van der Waals surface area contributed by atoms with Crippen molar-refractivity contribution in [2.45, 2.75) is 44.6 Å². The predicted molar refractivity (Wildman–Crippen MR) is 69.7 cm³/mol. The van der Waals surface area contributed by atoms with Gasteiger partial charge in [0.1, 0.15) is 0 Å². The van der Waals surface area contributed by atoms with Crippen LogP contribution in [-0.4, -0.2) is 13.1 Å². The van der Waals surface area contributed by atoms with Gasteiger partial charge in [0.2, 0.25) is 0 Å². The largest absolute Gasteiger partial charge is 0.316 e. The third-order valence-corrected chi connectivity index (χ3v) is 3.86. The molecule has 1 aromatic carbocycles. The molecule has 1 N–H and O–H groups in total. The Hall–Kier alpha value is -0.820. The monoisotopic (exact) mass is 217 g/mol. The molecule has 88 valence electrons. The van der Waals surface area contributed by atoms with Gasteiger partial charge in [0.15, 0.2) is 0 Å². The Morgan fingerprint density at radius 3 is 2.25 bits per heavy atom. The van der Waals surface area contributed by atoms with Crippen LogP contribution in [0.15, 0.2) is 30.3 Å². The maximum Gasteiger partial charge on any atom is 0.0163 e. The second kappa shape index (κ2) is 4.58. The minimum Gasteiger partial charge on any atom is -0.316 e. The molecule has 1 unspecified atom stereocenters. The zero-order valence-corrected chi connectivity index (χ0v) is 10.7. The fourth-order valence-electron chi connectivity index (χ4n) is 2.83. The van der Waals surface area contributed by atoms with Gasteiger partial charge < -0.3 is 5.32 Å². The first-order valence-corrected chi connectivity index (χ1v) is 6.42. The third-order valence-electron chi connectivity index (χ3n) is 3.86. The smallest absolute Gasteiger partial charge is 0.0163 e. The van der Waals surface area contributed by atoms with Gasteiger partial charge in [0.05, 0.1) is 0 Å². The van der Waals surface area contributed by atoms with E-state index in [1.54, 1.807) is 0 Å². The van der Waals surface area contributed by atoms with E-state index in [9.17, 15) is 0 Å². The van der Waals surface area contributed by atoms with Gasteiger partial charge in [-0.1, -0.05) is 44.2 Å². The predicted octanol–water partition coefficient (Wildman–Crippen LogP) is 3.35. The van der Waals surface area contributed by atoms with Crippen molar-refractivity contribution in [2.75, 3.05) is 7.05 Å². The Kier molecular flexibility index (Phi) is 3.34. The van der Waals surface area contributed by atoms with Gasteiger partial charge in [0.25, 0.3) is 0 Å². The summed E-state index contributed by atoms with van der Waals surface area (Å²) >= 11 is 0. The zero-order valence-electron chi connectivity index (χ0n) is 10.7. The van der Waals surface area contributed by atoms with E-state index in [2.05, 4.69) is 56.5 Å². The number of benzene rings is 1. The van der Waals surface area contributed by atoms with E-state index < -0.39 is 0 Å². The maximum atomic E-state index is 3.53. The topological polar surface area (TPSA) is 12.0 Å². The van der Waals surface area contributed by atoms with Crippen LogP contribution in [0.3, 0.4) is 0 Å². The summed E-state index contributed by atoms with van der Waals surface area (Å²) in [5.41, 5.74) is 1.95. The molecular formula is C15H23N. The minimum atomic E-state index is 0.431. The first-order valence-electron chi connectivity index (χ1n) is 6.42. The van der Waals surface area contributed by atoms with Crippen LogP contribution in [0.4, 0.5) is 0 Å². The van der Waals surface area contributed by atoms with Crippen molar-refractivity contribution in [3.05, 3.63) is 35.9 Å². The third kappa shape index (κ3) is 2.15. The molecule has 0 radical (unpaired) electrons. The lowest BCUT2D eigenvalue weighted by atomic mass is 9.83. The highest BCUT2D eigenvalue weighted by Crippen LogP contribution is 2.52. The molecule has 0 amide bonds.